The van der Waals surface area contributed by atoms with E-state index in [1.807, 2.05) is 13.0 Å². The van der Waals surface area contributed by atoms with Gasteiger partial charge in [0.1, 0.15) is 16.8 Å². The third-order valence-electron chi connectivity index (χ3n) is 7.57. The van der Waals surface area contributed by atoms with E-state index in [-0.39, 0.29) is 17.5 Å². The van der Waals surface area contributed by atoms with E-state index in [9.17, 15) is 24.4 Å². The maximum Gasteiger partial charge on any atom is 0.272 e. The zero-order valence-corrected chi connectivity index (χ0v) is 28.6. The Morgan fingerprint density at radius 2 is 1.81 bits per heavy atom. The predicted octanol–water partition coefficient (Wildman–Crippen LogP) is 7.10. The van der Waals surface area contributed by atoms with Crippen LogP contribution in [0.1, 0.15) is 52.2 Å². The highest BCUT2D eigenvalue weighted by Gasteiger charge is 2.28. The van der Waals surface area contributed by atoms with Crippen molar-refractivity contribution in [1.29, 1.82) is 5.26 Å². The predicted molar refractivity (Wildman–Crippen MR) is 191 cm³/mol. The van der Waals surface area contributed by atoms with Gasteiger partial charge in [0, 0.05) is 39.5 Å². The zero-order chi connectivity index (χ0) is 34.2. The van der Waals surface area contributed by atoms with Gasteiger partial charge in [-0.15, -0.1) is 23.1 Å². The topological polar surface area (TPSA) is 131 Å². The summed E-state index contributed by atoms with van der Waals surface area (Å²) in [7, 11) is 0. The molecule has 0 aliphatic carbocycles. The first-order valence-corrected chi connectivity index (χ1v) is 17.2. The lowest BCUT2D eigenvalue weighted by Crippen LogP contribution is -2.33. The molecule has 1 unspecified atom stereocenters. The smallest absolute Gasteiger partial charge is 0.272 e. The molecule has 48 heavy (non-hydrogen) atoms. The van der Waals surface area contributed by atoms with Crippen molar-refractivity contribution in [2.45, 2.75) is 43.4 Å². The normalized spacial score (nSPS) is 13.1. The van der Waals surface area contributed by atoms with Crippen LogP contribution in [0.2, 0.25) is 5.02 Å². The second kappa shape index (κ2) is 15.8. The average molecular weight is 698 g/mol. The van der Waals surface area contributed by atoms with Crippen LogP contribution in [0.3, 0.4) is 0 Å². The van der Waals surface area contributed by atoms with E-state index in [0.29, 0.717) is 58.3 Å². The molecular weight excluding hydrogens is 666 g/mol. The molecule has 3 N–H and O–H groups in total. The third kappa shape index (κ3) is 8.52. The van der Waals surface area contributed by atoms with Gasteiger partial charge in [-0.2, -0.15) is 5.26 Å². The van der Waals surface area contributed by atoms with Crippen LogP contribution in [0.25, 0.3) is 6.08 Å². The minimum Gasteiger partial charge on any atom is -0.337 e. The van der Waals surface area contributed by atoms with Gasteiger partial charge >= 0.3 is 0 Å². The number of fused-ring (bicyclic) bond motifs is 1. The van der Waals surface area contributed by atoms with Gasteiger partial charge in [-0.25, -0.2) is 0 Å². The Labute approximate surface area is 292 Å². The fourth-order valence-electron chi connectivity index (χ4n) is 5.11. The summed E-state index contributed by atoms with van der Waals surface area (Å²) in [6.45, 7) is 4.40. The molecule has 0 bridgehead atoms. The summed E-state index contributed by atoms with van der Waals surface area (Å²) in [6, 6.07) is 24.8. The standard InChI is InChI=1S/C36H32ClN5O4S2/c1-3-31(35(46)41-36-29(20-38)28-15-16-42(22(2)43)21-32(28)48-36)47-27-14-8-13-26(19-27)39-34(45)30(18-23-9-7-12-25(37)17-23)40-33(44)24-10-5-4-6-11-24/h4-14,17-19,31H,3,15-16,21H2,1-2H3,(H,39,45)(H,40,44)(H,41,46)/b30-18-. The molecular formula is C36H32ClN5O4S2. The highest BCUT2D eigenvalue weighted by molar-refractivity contribution is 8.00. The summed E-state index contributed by atoms with van der Waals surface area (Å²) in [6.07, 6.45) is 2.63. The van der Waals surface area contributed by atoms with Crippen molar-refractivity contribution in [2.75, 3.05) is 17.2 Å². The SMILES string of the molecule is CCC(Sc1cccc(NC(=O)/C(=C/c2cccc(Cl)c2)NC(=O)c2ccccc2)c1)C(=O)Nc1sc2c(c1C#N)CCN(C(C)=O)C2. The summed E-state index contributed by atoms with van der Waals surface area (Å²) in [5.41, 5.74) is 2.87. The number of halogens is 1. The molecule has 2 heterocycles. The monoisotopic (exact) mass is 697 g/mol. The number of anilines is 2. The Morgan fingerprint density at radius 1 is 1.04 bits per heavy atom. The molecule has 1 aliphatic rings. The number of rotatable bonds is 10. The van der Waals surface area contributed by atoms with Crippen LogP contribution in [-0.2, 0) is 27.3 Å². The lowest BCUT2D eigenvalue weighted by atomic mass is 10.0. The van der Waals surface area contributed by atoms with Crippen LogP contribution >= 0.6 is 34.7 Å². The first-order chi connectivity index (χ1) is 23.1. The van der Waals surface area contributed by atoms with Crippen LogP contribution in [-0.4, -0.2) is 40.3 Å². The average Bonchev–Trinajstić information content (AvgIpc) is 3.43. The number of thiophene rings is 1. The van der Waals surface area contributed by atoms with E-state index in [1.165, 1.54) is 30.0 Å². The maximum atomic E-state index is 13.5. The number of nitrogens with zero attached hydrogens (tertiary/aromatic N) is 2. The van der Waals surface area contributed by atoms with Crippen molar-refractivity contribution in [3.63, 3.8) is 0 Å². The minimum atomic E-state index is -0.541. The van der Waals surface area contributed by atoms with Crippen molar-refractivity contribution in [3.05, 3.63) is 117 Å². The molecule has 1 aliphatic heterocycles. The van der Waals surface area contributed by atoms with Crippen LogP contribution in [0.4, 0.5) is 10.7 Å². The van der Waals surface area contributed by atoms with E-state index >= 15 is 0 Å². The van der Waals surface area contributed by atoms with Crippen molar-refractivity contribution in [1.82, 2.24) is 10.2 Å². The van der Waals surface area contributed by atoms with E-state index in [4.69, 9.17) is 11.6 Å². The molecule has 9 nitrogen and oxygen atoms in total. The van der Waals surface area contributed by atoms with Gasteiger partial charge < -0.3 is 20.9 Å². The van der Waals surface area contributed by atoms with E-state index in [0.717, 1.165) is 15.3 Å². The fraction of sp³-hybridized carbons (Fsp3) is 0.194. The van der Waals surface area contributed by atoms with Crippen molar-refractivity contribution < 1.29 is 19.2 Å². The summed E-state index contributed by atoms with van der Waals surface area (Å²) in [5, 5.41) is 18.9. The number of nitriles is 1. The number of carbonyl (C=O) groups is 4. The van der Waals surface area contributed by atoms with E-state index < -0.39 is 17.1 Å². The van der Waals surface area contributed by atoms with Crippen molar-refractivity contribution in [2.24, 2.45) is 0 Å². The molecule has 3 aromatic carbocycles. The Kier molecular flexibility index (Phi) is 11.3. The Hall–Kier alpha value is -4.89. The molecule has 244 valence electrons. The zero-order valence-electron chi connectivity index (χ0n) is 26.2. The van der Waals surface area contributed by atoms with E-state index in [1.54, 1.807) is 83.8 Å². The van der Waals surface area contributed by atoms with Crippen LogP contribution in [0.15, 0.2) is 89.5 Å². The van der Waals surface area contributed by atoms with Gasteiger partial charge in [0.2, 0.25) is 11.8 Å². The maximum absolute atomic E-state index is 13.5. The highest BCUT2D eigenvalue weighted by atomic mass is 35.5. The molecule has 0 fully saturated rings. The summed E-state index contributed by atoms with van der Waals surface area (Å²) >= 11 is 8.83. The number of amides is 4. The largest absolute Gasteiger partial charge is 0.337 e. The second-order valence-corrected chi connectivity index (χ2v) is 13.7. The first-order valence-electron chi connectivity index (χ1n) is 15.2. The quantitative estimate of drug-likeness (QED) is 0.120. The number of benzene rings is 3. The van der Waals surface area contributed by atoms with Crippen molar-refractivity contribution >= 4 is 75.1 Å². The van der Waals surface area contributed by atoms with Gasteiger partial charge in [-0.3, -0.25) is 19.2 Å². The lowest BCUT2D eigenvalue weighted by Gasteiger charge is -2.25. The third-order valence-corrected chi connectivity index (χ3v) is 10.3. The summed E-state index contributed by atoms with van der Waals surface area (Å²) in [4.78, 5) is 55.2. The molecule has 12 heteroatoms. The molecule has 1 atom stereocenters. The van der Waals surface area contributed by atoms with Crippen LogP contribution in [0.5, 0.6) is 0 Å². The Morgan fingerprint density at radius 3 is 2.52 bits per heavy atom. The van der Waals surface area contributed by atoms with E-state index in [2.05, 4.69) is 22.0 Å². The summed E-state index contributed by atoms with van der Waals surface area (Å²) < 4.78 is 0. The lowest BCUT2D eigenvalue weighted by molar-refractivity contribution is -0.129. The number of hydrogen-bond donors (Lipinski definition) is 3. The highest BCUT2D eigenvalue weighted by Crippen LogP contribution is 2.37. The Bertz CT molecular complexity index is 1940. The molecule has 0 saturated carbocycles. The van der Waals surface area contributed by atoms with Crippen LogP contribution < -0.4 is 16.0 Å². The second-order valence-electron chi connectivity index (χ2n) is 10.9. The molecule has 5 rings (SSSR count). The molecule has 4 amide bonds. The van der Waals surface area contributed by atoms with Gasteiger partial charge in [0.05, 0.1) is 17.4 Å². The summed E-state index contributed by atoms with van der Waals surface area (Å²) in [5.74, 6) is -1.25. The molecule has 1 aromatic heterocycles. The number of thioether (sulfide) groups is 1. The van der Waals surface area contributed by atoms with Crippen LogP contribution in [0, 0.1) is 11.3 Å². The number of nitrogens with one attached hydrogen (secondary N) is 3. The van der Waals surface area contributed by atoms with Gasteiger partial charge in [0.15, 0.2) is 0 Å². The van der Waals surface area contributed by atoms with Gasteiger partial charge in [-0.05, 0) is 72.5 Å². The molecule has 0 spiro atoms. The fourth-order valence-corrected chi connectivity index (χ4v) is 7.54. The molecule has 4 aromatic rings. The first kappa shape index (κ1) is 34.4. The van der Waals surface area contributed by atoms with Gasteiger partial charge in [-0.1, -0.05) is 54.9 Å². The minimum absolute atomic E-state index is 0.0216. The Balaban J connectivity index is 1.30. The van der Waals surface area contributed by atoms with Crippen molar-refractivity contribution in [3.8, 4) is 6.07 Å². The number of hydrogen-bond acceptors (Lipinski definition) is 7. The molecule has 0 radical (unpaired) electrons. The van der Waals surface area contributed by atoms with Gasteiger partial charge in [0.25, 0.3) is 11.8 Å². The molecule has 0 saturated heterocycles. The number of carbonyl (C=O) groups excluding carboxylic acids is 4.